The number of rotatable bonds is 2. The highest BCUT2D eigenvalue weighted by molar-refractivity contribution is 9.10. The number of halogens is 1. The van der Waals surface area contributed by atoms with Crippen molar-refractivity contribution in [1.82, 2.24) is 9.97 Å². The average molecular weight is 306 g/mol. The number of aromatic nitrogens is 2. The zero-order valence-corrected chi connectivity index (χ0v) is 11.3. The van der Waals surface area contributed by atoms with E-state index in [-0.39, 0.29) is 0 Å². The predicted octanol–water partition coefficient (Wildman–Crippen LogP) is 3.72. The Morgan fingerprint density at radius 2 is 2.18 bits per heavy atom. The molecule has 0 spiro atoms. The van der Waals surface area contributed by atoms with Crippen molar-refractivity contribution in [3.05, 3.63) is 33.5 Å². The molecule has 0 unspecified atom stereocenters. The summed E-state index contributed by atoms with van der Waals surface area (Å²) in [5, 5.41) is 8.82. The topological polar surface area (TPSA) is 49.6 Å². The van der Waals surface area contributed by atoms with E-state index in [9.17, 15) is 0 Å². The van der Waals surface area contributed by atoms with Crippen LogP contribution in [0.5, 0.6) is 0 Å². The zero-order valence-electron chi connectivity index (χ0n) is 8.85. The first-order chi connectivity index (χ1) is 8.26. The van der Waals surface area contributed by atoms with Gasteiger partial charge in [-0.2, -0.15) is 5.26 Å². The molecule has 3 nitrogen and oxygen atoms in total. The Morgan fingerprint density at radius 3 is 2.82 bits per heavy atom. The van der Waals surface area contributed by atoms with Gasteiger partial charge in [0.05, 0.1) is 10.6 Å². The Labute approximate surface area is 111 Å². The summed E-state index contributed by atoms with van der Waals surface area (Å²) in [6, 6.07) is 7.81. The van der Waals surface area contributed by atoms with E-state index >= 15 is 0 Å². The maximum atomic E-state index is 8.82. The van der Waals surface area contributed by atoms with Crippen LogP contribution in [-0.2, 0) is 0 Å². The van der Waals surface area contributed by atoms with Crippen LogP contribution in [0.3, 0.4) is 0 Å². The van der Waals surface area contributed by atoms with Crippen LogP contribution in [0.25, 0.3) is 10.6 Å². The summed E-state index contributed by atoms with van der Waals surface area (Å²) in [5.74, 6) is 1.45. The van der Waals surface area contributed by atoms with Gasteiger partial charge in [-0.05, 0) is 47.0 Å². The third-order valence-electron chi connectivity index (χ3n) is 2.62. The molecule has 0 radical (unpaired) electrons. The molecule has 1 fully saturated rings. The smallest absolute Gasteiger partial charge is 0.133 e. The van der Waals surface area contributed by atoms with Crippen LogP contribution in [0, 0.1) is 11.3 Å². The van der Waals surface area contributed by atoms with Gasteiger partial charge in [0.1, 0.15) is 21.4 Å². The van der Waals surface area contributed by atoms with Gasteiger partial charge < -0.3 is 0 Å². The lowest BCUT2D eigenvalue weighted by atomic mass is 10.3. The summed E-state index contributed by atoms with van der Waals surface area (Å²) < 4.78 is 0.816. The van der Waals surface area contributed by atoms with Crippen LogP contribution in [0.4, 0.5) is 0 Å². The van der Waals surface area contributed by atoms with Crippen molar-refractivity contribution >= 4 is 27.3 Å². The standard InChI is InChI=1S/C12H8BrN3S/c13-11-5-9(10-4-3-8(6-14)17-10)15-12(16-11)7-1-2-7/h3-5,7H,1-2H2. The number of nitriles is 1. The summed E-state index contributed by atoms with van der Waals surface area (Å²) in [5.41, 5.74) is 0.903. The SMILES string of the molecule is N#Cc1ccc(-c2cc(Br)nc(C3CC3)n2)s1. The van der Waals surface area contributed by atoms with Crippen molar-refractivity contribution in [2.24, 2.45) is 0 Å². The third kappa shape index (κ3) is 2.24. The second-order valence-corrected chi connectivity index (χ2v) is 5.88. The molecule has 84 valence electrons. The minimum absolute atomic E-state index is 0.529. The lowest BCUT2D eigenvalue weighted by Crippen LogP contribution is -1.94. The third-order valence-corrected chi connectivity index (χ3v) is 4.04. The van der Waals surface area contributed by atoms with Crippen molar-refractivity contribution in [2.45, 2.75) is 18.8 Å². The first-order valence-corrected chi connectivity index (χ1v) is 6.92. The molecule has 1 aliphatic rings. The van der Waals surface area contributed by atoms with E-state index in [2.05, 4.69) is 32.0 Å². The Morgan fingerprint density at radius 1 is 1.35 bits per heavy atom. The average Bonchev–Trinajstić information content (AvgIpc) is 3.06. The van der Waals surface area contributed by atoms with Crippen molar-refractivity contribution in [1.29, 1.82) is 5.26 Å². The molecule has 2 heterocycles. The fraction of sp³-hybridized carbons (Fsp3) is 0.250. The normalized spacial score (nSPS) is 14.6. The van der Waals surface area contributed by atoms with Crippen LogP contribution < -0.4 is 0 Å². The molecule has 0 N–H and O–H groups in total. The molecule has 3 rings (SSSR count). The number of thiophene rings is 1. The van der Waals surface area contributed by atoms with E-state index in [0.717, 1.165) is 21.0 Å². The Balaban J connectivity index is 2.04. The highest BCUT2D eigenvalue weighted by Crippen LogP contribution is 2.39. The lowest BCUT2D eigenvalue weighted by molar-refractivity contribution is 0.920. The molecule has 0 atom stereocenters. The minimum atomic E-state index is 0.529. The largest absolute Gasteiger partial charge is 0.232 e. The summed E-state index contributed by atoms with van der Waals surface area (Å²) in [7, 11) is 0. The Hall–Kier alpha value is -1.25. The quantitative estimate of drug-likeness (QED) is 0.795. The van der Waals surface area contributed by atoms with Gasteiger partial charge in [0.2, 0.25) is 0 Å². The monoisotopic (exact) mass is 305 g/mol. The van der Waals surface area contributed by atoms with Gasteiger partial charge in [-0.15, -0.1) is 11.3 Å². The molecule has 2 aromatic rings. The molecule has 0 aliphatic heterocycles. The van der Waals surface area contributed by atoms with E-state index in [1.54, 1.807) is 0 Å². The van der Waals surface area contributed by atoms with Gasteiger partial charge in [-0.25, -0.2) is 9.97 Å². The molecule has 1 aliphatic carbocycles. The number of hydrogen-bond donors (Lipinski definition) is 0. The van der Waals surface area contributed by atoms with Gasteiger partial charge in [-0.1, -0.05) is 0 Å². The molecule has 0 aromatic carbocycles. The fourth-order valence-corrected chi connectivity index (χ4v) is 2.78. The molecule has 0 bridgehead atoms. The first-order valence-electron chi connectivity index (χ1n) is 5.31. The molecule has 2 aromatic heterocycles. The van der Waals surface area contributed by atoms with Crippen molar-refractivity contribution < 1.29 is 0 Å². The van der Waals surface area contributed by atoms with Crippen molar-refractivity contribution in [3.63, 3.8) is 0 Å². The second kappa shape index (κ2) is 4.21. The van der Waals surface area contributed by atoms with Crippen LogP contribution in [0.2, 0.25) is 0 Å². The van der Waals surface area contributed by atoms with Gasteiger partial charge in [-0.3, -0.25) is 0 Å². The fourth-order valence-electron chi connectivity index (χ4n) is 1.62. The Bertz CT molecular complexity index is 610. The van der Waals surface area contributed by atoms with E-state index in [1.807, 2.05) is 18.2 Å². The molecular formula is C12H8BrN3S. The van der Waals surface area contributed by atoms with Crippen LogP contribution in [-0.4, -0.2) is 9.97 Å². The molecule has 17 heavy (non-hydrogen) atoms. The summed E-state index contributed by atoms with van der Waals surface area (Å²) in [6.45, 7) is 0. The molecule has 0 saturated heterocycles. The highest BCUT2D eigenvalue weighted by atomic mass is 79.9. The van der Waals surface area contributed by atoms with E-state index in [4.69, 9.17) is 5.26 Å². The first kappa shape index (κ1) is 10.9. The highest BCUT2D eigenvalue weighted by Gasteiger charge is 2.27. The number of nitrogens with zero attached hydrogens (tertiary/aromatic N) is 3. The van der Waals surface area contributed by atoms with E-state index in [0.29, 0.717) is 10.8 Å². The van der Waals surface area contributed by atoms with Gasteiger partial charge in [0, 0.05) is 5.92 Å². The second-order valence-electron chi connectivity index (χ2n) is 3.98. The summed E-state index contributed by atoms with van der Waals surface area (Å²) in [6.07, 6.45) is 2.37. The van der Waals surface area contributed by atoms with Crippen molar-refractivity contribution in [2.75, 3.05) is 0 Å². The summed E-state index contributed by atoms with van der Waals surface area (Å²) in [4.78, 5) is 10.7. The van der Waals surface area contributed by atoms with E-state index < -0.39 is 0 Å². The molecule has 0 amide bonds. The number of hydrogen-bond acceptors (Lipinski definition) is 4. The zero-order chi connectivity index (χ0) is 11.8. The molecule has 5 heteroatoms. The van der Waals surface area contributed by atoms with Gasteiger partial charge in [0.25, 0.3) is 0 Å². The Kier molecular flexibility index (Phi) is 2.69. The molecule has 1 saturated carbocycles. The molecular weight excluding hydrogens is 298 g/mol. The predicted molar refractivity (Wildman–Crippen MR) is 69.7 cm³/mol. The lowest BCUT2D eigenvalue weighted by Gasteiger charge is -2.02. The van der Waals surface area contributed by atoms with Gasteiger partial charge >= 0.3 is 0 Å². The van der Waals surface area contributed by atoms with Crippen LogP contribution in [0.1, 0.15) is 29.5 Å². The summed E-state index contributed by atoms with van der Waals surface area (Å²) >= 11 is 4.88. The van der Waals surface area contributed by atoms with E-state index in [1.165, 1.54) is 24.2 Å². The minimum Gasteiger partial charge on any atom is -0.232 e. The maximum absolute atomic E-state index is 8.82. The van der Waals surface area contributed by atoms with Crippen LogP contribution in [0.15, 0.2) is 22.8 Å². The van der Waals surface area contributed by atoms with Crippen molar-refractivity contribution in [3.8, 4) is 16.6 Å². The van der Waals surface area contributed by atoms with Gasteiger partial charge in [0.15, 0.2) is 0 Å². The van der Waals surface area contributed by atoms with Crippen LogP contribution >= 0.6 is 27.3 Å². The maximum Gasteiger partial charge on any atom is 0.133 e.